The van der Waals surface area contributed by atoms with E-state index in [0.29, 0.717) is 17.7 Å². The molecule has 1 aliphatic heterocycles. The van der Waals surface area contributed by atoms with Gasteiger partial charge in [0.2, 0.25) is 5.91 Å². The SMILES string of the molecule is C[C@H](C(=O)N1C[C@@H](Oc2cc(Cl)cc(Cl)c2)CCc2cc(C(O)(C(F)(F)F)C(F)(F)F)ccc21)c1ccccc1. The largest absolute Gasteiger partial charge is 0.488 e. The topological polar surface area (TPSA) is 49.8 Å². The molecule has 0 unspecified atom stereocenters. The van der Waals surface area contributed by atoms with Crippen molar-refractivity contribution in [3.05, 3.63) is 93.5 Å². The molecule has 214 valence electrons. The zero-order valence-electron chi connectivity index (χ0n) is 20.9. The first-order chi connectivity index (χ1) is 18.6. The highest BCUT2D eigenvalue weighted by Gasteiger charge is 2.71. The molecule has 12 heteroatoms. The normalized spacial score (nSPS) is 17.1. The number of nitrogens with zero attached hydrogens (tertiary/aromatic N) is 1. The molecular formula is C28H23Cl2F6NO3. The Morgan fingerprint density at radius 1 is 0.950 bits per heavy atom. The second-order valence-corrected chi connectivity index (χ2v) is 10.4. The number of ether oxygens (including phenoxy) is 1. The highest BCUT2D eigenvalue weighted by Crippen LogP contribution is 2.51. The van der Waals surface area contributed by atoms with Crippen molar-refractivity contribution in [1.82, 2.24) is 0 Å². The minimum atomic E-state index is -6.04. The average Bonchev–Trinajstić information content (AvgIpc) is 3.05. The number of carbonyl (C=O) groups is 1. The van der Waals surface area contributed by atoms with Crippen LogP contribution in [-0.4, -0.2) is 36.0 Å². The zero-order chi connectivity index (χ0) is 29.5. The van der Waals surface area contributed by atoms with Gasteiger partial charge in [-0.05, 0) is 55.2 Å². The van der Waals surface area contributed by atoms with Gasteiger partial charge in [0.05, 0.1) is 12.5 Å². The van der Waals surface area contributed by atoms with Crippen molar-refractivity contribution in [1.29, 1.82) is 0 Å². The Labute approximate surface area is 236 Å². The van der Waals surface area contributed by atoms with Crippen molar-refractivity contribution in [2.24, 2.45) is 0 Å². The third-order valence-electron chi connectivity index (χ3n) is 6.81. The monoisotopic (exact) mass is 605 g/mol. The van der Waals surface area contributed by atoms with Gasteiger partial charge in [-0.15, -0.1) is 0 Å². The summed E-state index contributed by atoms with van der Waals surface area (Å²) in [5.74, 6) is -0.863. The quantitative estimate of drug-likeness (QED) is 0.301. The summed E-state index contributed by atoms with van der Waals surface area (Å²) in [7, 11) is 0. The number of benzene rings is 3. The minimum Gasteiger partial charge on any atom is -0.488 e. The van der Waals surface area contributed by atoms with Gasteiger partial charge in [-0.3, -0.25) is 4.79 Å². The lowest BCUT2D eigenvalue weighted by Gasteiger charge is -2.34. The van der Waals surface area contributed by atoms with E-state index >= 15 is 0 Å². The molecule has 0 fully saturated rings. The van der Waals surface area contributed by atoms with E-state index < -0.39 is 41.4 Å². The smallest absolute Gasteiger partial charge is 0.430 e. The number of amides is 1. The molecule has 1 N–H and O–H groups in total. The predicted octanol–water partition coefficient (Wildman–Crippen LogP) is 7.84. The maximum absolute atomic E-state index is 13.7. The third-order valence-corrected chi connectivity index (χ3v) is 7.24. The molecule has 3 aromatic carbocycles. The maximum Gasteiger partial charge on any atom is 0.430 e. The molecule has 0 spiro atoms. The van der Waals surface area contributed by atoms with E-state index in [1.807, 2.05) is 0 Å². The summed E-state index contributed by atoms with van der Waals surface area (Å²) in [5.41, 5.74) is -5.68. The number of hydrogen-bond acceptors (Lipinski definition) is 3. The summed E-state index contributed by atoms with van der Waals surface area (Å²) in [4.78, 5) is 15.0. The van der Waals surface area contributed by atoms with E-state index in [4.69, 9.17) is 27.9 Å². The average molecular weight is 606 g/mol. The Balaban J connectivity index is 1.78. The summed E-state index contributed by atoms with van der Waals surface area (Å²) in [6, 6.07) is 15.4. The van der Waals surface area contributed by atoms with E-state index in [2.05, 4.69) is 0 Å². The number of hydrogen-bond donors (Lipinski definition) is 1. The third kappa shape index (κ3) is 5.89. The van der Waals surface area contributed by atoms with Gasteiger partial charge in [-0.1, -0.05) is 65.7 Å². The predicted molar refractivity (Wildman–Crippen MR) is 139 cm³/mol. The molecule has 0 saturated carbocycles. The van der Waals surface area contributed by atoms with E-state index in [0.717, 1.165) is 6.07 Å². The van der Waals surface area contributed by atoms with Crippen molar-refractivity contribution < 1.29 is 41.0 Å². The van der Waals surface area contributed by atoms with Crippen LogP contribution in [0.15, 0.2) is 66.7 Å². The van der Waals surface area contributed by atoms with Gasteiger partial charge in [0.25, 0.3) is 5.60 Å². The summed E-state index contributed by atoms with van der Waals surface area (Å²) in [6.45, 7) is 1.59. The van der Waals surface area contributed by atoms with Crippen LogP contribution in [0, 0.1) is 0 Å². The lowest BCUT2D eigenvalue weighted by Crippen LogP contribution is -2.54. The van der Waals surface area contributed by atoms with Crippen LogP contribution in [0.25, 0.3) is 0 Å². The second-order valence-electron chi connectivity index (χ2n) is 9.51. The van der Waals surface area contributed by atoms with Crippen LogP contribution in [0.5, 0.6) is 5.75 Å². The van der Waals surface area contributed by atoms with Gasteiger partial charge in [0, 0.05) is 21.3 Å². The first kappa shape index (κ1) is 30.0. The molecule has 0 bridgehead atoms. The standard InChI is InChI=1S/C28H23Cl2F6NO3/c1-16(17-5-3-2-4-6-17)25(38)37-15-22(40-23-13-20(29)12-21(30)14-23)9-7-18-11-19(8-10-24(18)37)26(39,27(31,32)33)28(34,35)36/h2-6,8,10-14,16,22,39H,7,9,15H2,1H3/t16-,22-/m0/s1. The number of anilines is 1. The first-order valence-electron chi connectivity index (χ1n) is 12.1. The van der Waals surface area contributed by atoms with E-state index in [1.165, 1.54) is 23.1 Å². The first-order valence-corrected chi connectivity index (χ1v) is 12.9. The molecule has 4 nitrogen and oxygen atoms in total. The maximum atomic E-state index is 13.7. The van der Waals surface area contributed by atoms with Gasteiger partial charge < -0.3 is 14.7 Å². The van der Waals surface area contributed by atoms with Crippen molar-refractivity contribution in [2.45, 2.75) is 49.7 Å². The molecular weight excluding hydrogens is 583 g/mol. The fourth-order valence-corrected chi connectivity index (χ4v) is 5.19. The molecule has 40 heavy (non-hydrogen) atoms. The van der Waals surface area contributed by atoms with Crippen LogP contribution >= 0.6 is 23.2 Å². The summed E-state index contributed by atoms with van der Waals surface area (Å²) in [6.07, 6.45) is -12.7. The lowest BCUT2D eigenvalue weighted by atomic mass is 9.89. The van der Waals surface area contributed by atoms with Gasteiger partial charge in [-0.2, -0.15) is 26.3 Å². The fraction of sp³-hybridized carbons (Fsp3) is 0.321. The van der Waals surface area contributed by atoms with Crippen LogP contribution in [0.1, 0.15) is 36.0 Å². The van der Waals surface area contributed by atoms with Crippen molar-refractivity contribution in [3.8, 4) is 5.75 Å². The number of fused-ring (bicyclic) bond motifs is 1. The second kappa shape index (κ2) is 11.1. The molecule has 2 atom stereocenters. The van der Waals surface area contributed by atoms with Gasteiger partial charge in [-0.25, -0.2) is 0 Å². The molecule has 0 aliphatic carbocycles. The number of carbonyl (C=O) groups excluding carboxylic acids is 1. The fourth-order valence-electron chi connectivity index (χ4n) is 4.68. The molecule has 3 aromatic rings. The Kier molecular flexibility index (Phi) is 8.36. The van der Waals surface area contributed by atoms with E-state index in [9.17, 15) is 36.2 Å². The Morgan fingerprint density at radius 3 is 2.12 bits per heavy atom. The summed E-state index contributed by atoms with van der Waals surface area (Å²) < 4.78 is 87.6. The van der Waals surface area contributed by atoms with E-state index in [1.54, 1.807) is 37.3 Å². The van der Waals surface area contributed by atoms with Gasteiger partial charge in [0.1, 0.15) is 11.9 Å². The molecule has 4 rings (SSSR count). The van der Waals surface area contributed by atoms with Crippen LogP contribution in [-0.2, 0) is 16.8 Å². The number of alkyl halides is 6. The number of halogens is 8. The molecule has 1 aliphatic rings. The van der Waals surface area contributed by atoms with Crippen LogP contribution < -0.4 is 9.64 Å². The molecule has 0 radical (unpaired) electrons. The van der Waals surface area contributed by atoms with E-state index in [-0.39, 0.29) is 46.4 Å². The van der Waals surface area contributed by atoms with Crippen LogP contribution in [0.2, 0.25) is 10.0 Å². The Hall–Kier alpha value is -2.95. The molecule has 1 heterocycles. The van der Waals surface area contributed by atoms with Crippen molar-refractivity contribution >= 4 is 34.8 Å². The minimum absolute atomic E-state index is 0.0215. The van der Waals surface area contributed by atoms with Gasteiger partial charge in [0.15, 0.2) is 0 Å². The molecule has 0 saturated heterocycles. The number of aliphatic hydroxyl groups is 1. The molecule has 0 aromatic heterocycles. The summed E-state index contributed by atoms with van der Waals surface area (Å²) in [5, 5.41) is 10.5. The Bertz CT molecular complexity index is 1350. The highest BCUT2D eigenvalue weighted by atomic mass is 35.5. The Morgan fingerprint density at radius 2 is 1.55 bits per heavy atom. The number of rotatable bonds is 5. The van der Waals surface area contributed by atoms with Gasteiger partial charge >= 0.3 is 12.4 Å². The van der Waals surface area contributed by atoms with Crippen LogP contribution in [0.3, 0.4) is 0 Å². The van der Waals surface area contributed by atoms with Crippen molar-refractivity contribution in [3.63, 3.8) is 0 Å². The number of aryl methyl sites for hydroxylation is 1. The zero-order valence-corrected chi connectivity index (χ0v) is 22.4. The molecule has 1 amide bonds. The van der Waals surface area contributed by atoms with Crippen LogP contribution in [0.4, 0.5) is 32.0 Å². The highest BCUT2D eigenvalue weighted by molar-refractivity contribution is 6.34. The lowest BCUT2D eigenvalue weighted by molar-refractivity contribution is -0.376. The summed E-state index contributed by atoms with van der Waals surface area (Å²) >= 11 is 12.1. The van der Waals surface area contributed by atoms with Crippen molar-refractivity contribution in [2.75, 3.05) is 11.4 Å².